The van der Waals surface area contributed by atoms with Gasteiger partial charge in [-0.05, 0) is 31.1 Å². The molecule has 0 N–H and O–H groups in total. The molecule has 0 aliphatic carbocycles. The Morgan fingerprint density at radius 3 is 2.80 bits per heavy atom. The van der Waals surface area contributed by atoms with Crippen LogP contribution in [0.3, 0.4) is 0 Å². The topological polar surface area (TPSA) is 0 Å². The molecule has 1 aromatic carbocycles. The summed E-state index contributed by atoms with van der Waals surface area (Å²) in [5, 5.41) is 0. The minimum absolute atomic E-state index is 0.808. The van der Waals surface area contributed by atoms with Crippen LogP contribution < -0.4 is 0 Å². The third-order valence-electron chi connectivity index (χ3n) is 2.27. The lowest BCUT2D eigenvalue weighted by Gasteiger charge is -2.02. The van der Waals surface area contributed by atoms with Crippen LogP contribution in [-0.4, -0.2) is 11.6 Å². The highest BCUT2D eigenvalue weighted by Crippen LogP contribution is 2.15. The van der Waals surface area contributed by atoms with Crippen LogP contribution in [0.4, 0.5) is 0 Å². The van der Waals surface area contributed by atoms with E-state index in [1.54, 1.807) is 0 Å². The SMILES string of the molecule is Cc1cccc(CSCCCCCCl)c1. The average Bonchev–Trinajstić information content (AvgIpc) is 2.23. The Hall–Kier alpha value is -0.140. The summed E-state index contributed by atoms with van der Waals surface area (Å²) in [6.07, 6.45) is 3.72. The van der Waals surface area contributed by atoms with Crippen LogP contribution in [0.15, 0.2) is 24.3 Å². The molecule has 0 radical (unpaired) electrons. The molecule has 2 heteroatoms. The van der Waals surface area contributed by atoms with Crippen molar-refractivity contribution in [1.29, 1.82) is 0 Å². The van der Waals surface area contributed by atoms with Gasteiger partial charge in [-0.1, -0.05) is 36.2 Å². The molecule has 1 rings (SSSR count). The van der Waals surface area contributed by atoms with Gasteiger partial charge in [0.2, 0.25) is 0 Å². The van der Waals surface area contributed by atoms with E-state index >= 15 is 0 Å². The highest BCUT2D eigenvalue weighted by atomic mass is 35.5. The molecule has 0 heterocycles. The maximum absolute atomic E-state index is 5.62. The first kappa shape index (κ1) is 12.9. The zero-order valence-electron chi connectivity index (χ0n) is 9.34. The van der Waals surface area contributed by atoms with Gasteiger partial charge in [0.1, 0.15) is 0 Å². The molecule has 0 nitrogen and oxygen atoms in total. The first-order chi connectivity index (χ1) is 7.33. The fourth-order valence-electron chi connectivity index (χ4n) is 1.47. The van der Waals surface area contributed by atoms with E-state index in [4.69, 9.17) is 11.6 Å². The Labute approximate surface area is 102 Å². The standard InChI is InChI=1S/C13H19ClS/c1-12-6-5-7-13(10-12)11-15-9-4-2-3-8-14/h5-7,10H,2-4,8-9,11H2,1H3. The van der Waals surface area contributed by atoms with Crippen molar-refractivity contribution in [2.75, 3.05) is 11.6 Å². The van der Waals surface area contributed by atoms with Gasteiger partial charge in [-0.15, -0.1) is 11.6 Å². The Balaban J connectivity index is 2.10. The predicted octanol–water partition coefficient (Wildman–Crippen LogP) is 4.64. The van der Waals surface area contributed by atoms with E-state index in [0.29, 0.717) is 0 Å². The van der Waals surface area contributed by atoms with E-state index in [2.05, 4.69) is 31.2 Å². The normalized spacial score (nSPS) is 10.5. The van der Waals surface area contributed by atoms with Crippen molar-refractivity contribution in [3.05, 3.63) is 35.4 Å². The number of thioether (sulfide) groups is 1. The summed E-state index contributed by atoms with van der Waals surface area (Å²) in [7, 11) is 0. The fourth-order valence-corrected chi connectivity index (χ4v) is 2.62. The second-order valence-electron chi connectivity index (χ2n) is 3.79. The molecule has 0 unspecified atom stereocenters. The van der Waals surface area contributed by atoms with Crippen molar-refractivity contribution < 1.29 is 0 Å². The molecule has 1 aromatic rings. The summed E-state index contributed by atoms with van der Waals surface area (Å²) in [5.41, 5.74) is 2.80. The minimum Gasteiger partial charge on any atom is -0.157 e. The average molecular weight is 243 g/mol. The fraction of sp³-hybridized carbons (Fsp3) is 0.538. The molecule has 0 atom stereocenters. The van der Waals surface area contributed by atoms with E-state index in [1.165, 1.54) is 29.7 Å². The van der Waals surface area contributed by atoms with Crippen LogP contribution in [-0.2, 0) is 5.75 Å². The number of unbranched alkanes of at least 4 members (excludes halogenated alkanes) is 2. The molecule has 15 heavy (non-hydrogen) atoms. The summed E-state index contributed by atoms with van der Waals surface area (Å²) < 4.78 is 0. The maximum Gasteiger partial charge on any atom is 0.0223 e. The first-order valence-corrected chi connectivity index (χ1v) is 7.21. The smallest absolute Gasteiger partial charge is 0.0223 e. The monoisotopic (exact) mass is 242 g/mol. The van der Waals surface area contributed by atoms with Crippen LogP contribution in [0.1, 0.15) is 30.4 Å². The largest absolute Gasteiger partial charge is 0.157 e. The van der Waals surface area contributed by atoms with Crippen molar-refractivity contribution in [1.82, 2.24) is 0 Å². The first-order valence-electron chi connectivity index (χ1n) is 5.52. The second kappa shape index (κ2) is 8.06. The number of alkyl halides is 1. The lowest BCUT2D eigenvalue weighted by atomic mass is 10.2. The molecular weight excluding hydrogens is 224 g/mol. The second-order valence-corrected chi connectivity index (χ2v) is 5.27. The van der Waals surface area contributed by atoms with Crippen molar-refractivity contribution in [3.63, 3.8) is 0 Å². The van der Waals surface area contributed by atoms with Crippen LogP contribution in [0, 0.1) is 6.92 Å². The molecule has 0 aromatic heterocycles. The van der Waals surface area contributed by atoms with Gasteiger partial charge < -0.3 is 0 Å². The molecule has 0 aliphatic heterocycles. The molecule has 0 saturated heterocycles. The zero-order valence-corrected chi connectivity index (χ0v) is 10.9. The number of hydrogen-bond donors (Lipinski definition) is 0. The van der Waals surface area contributed by atoms with Gasteiger partial charge in [0.15, 0.2) is 0 Å². The van der Waals surface area contributed by atoms with Crippen molar-refractivity contribution >= 4 is 23.4 Å². The molecule has 0 fully saturated rings. The van der Waals surface area contributed by atoms with Crippen LogP contribution in [0.5, 0.6) is 0 Å². The third kappa shape index (κ3) is 6.11. The van der Waals surface area contributed by atoms with Crippen LogP contribution in [0.2, 0.25) is 0 Å². The van der Waals surface area contributed by atoms with E-state index in [-0.39, 0.29) is 0 Å². The summed E-state index contributed by atoms with van der Waals surface area (Å²) in [6, 6.07) is 8.76. The van der Waals surface area contributed by atoms with Gasteiger partial charge in [-0.2, -0.15) is 11.8 Å². The van der Waals surface area contributed by atoms with E-state index in [1.807, 2.05) is 11.8 Å². The highest BCUT2D eigenvalue weighted by Gasteiger charge is 1.94. The van der Waals surface area contributed by atoms with E-state index in [9.17, 15) is 0 Å². The van der Waals surface area contributed by atoms with E-state index < -0.39 is 0 Å². The lowest BCUT2D eigenvalue weighted by Crippen LogP contribution is -1.85. The molecular formula is C13H19ClS. The summed E-state index contributed by atoms with van der Waals surface area (Å²) in [4.78, 5) is 0. The Morgan fingerprint density at radius 2 is 2.07 bits per heavy atom. The van der Waals surface area contributed by atoms with Crippen LogP contribution >= 0.6 is 23.4 Å². The Kier molecular flexibility index (Phi) is 6.95. The quantitative estimate of drug-likeness (QED) is 0.496. The van der Waals surface area contributed by atoms with Gasteiger partial charge in [-0.25, -0.2) is 0 Å². The van der Waals surface area contributed by atoms with Gasteiger partial charge in [0, 0.05) is 11.6 Å². The van der Waals surface area contributed by atoms with Crippen molar-refractivity contribution in [2.45, 2.75) is 31.9 Å². The molecule has 84 valence electrons. The zero-order chi connectivity index (χ0) is 10.9. The maximum atomic E-state index is 5.62. The number of benzene rings is 1. The number of rotatable bonds is 7. The van der Waals surface area contributed by atoms with Gasteiger partial charge in [0.25, 0.3) is 0 Å². The van der Waals surface area contributed by atoms with E-state index in [0.717, 1.165) is 18.1 Å². The molecule has 0 aliphatic rings. The van der Waals surface area contributed by atoms with Crippen LogP contribution in [0.25, 0.3) is 0 Å². The highest BCUT2D eigenvalue weighted by molar-refractivity contribution is 7.98. The Morgan fingerprint density at radius 1 is 1.20 bits per heavy atom. The third-order valence-corrected chi connectivity index (χ3v) is 3.66. The lowest BCUT2D eigenvalue weighted by molar-refractivity contribution is 0.783. The number of aryl methyl sites for hydroxylation is 1. The summed E-state index contributed by atoms with van der Waals surface area (Å²) >= 11 is 7.64. The molecule has 0 bridgehead atoms. The number of halogens is 1. The van der Waals surface area contributed by atoms with Crippen molar-refractivity contribution in [2.24, 2.45) is 0 Å². The van der Waals surface area contributed by atoms with Gasteiger partial charge in [0.05, 0.1) is 0 Å². The van der Waals surface area contributed by atoms with Gasteiger partial charge in [-0.3, -0.25) is 0 Å². The van der Waals surface area contributed by atoms with Crippen molar-refractivity contribution in [3.8, 4) is 0 Å². The number of hydrogen-bond acceptors (Lipinski definition) is 1. The summed E-state index contributed by atoms with van der Waals surface area (Å²) in [5.74, 6) is 3.20. The minimum atomic E-state index is 0.808. The Bertz CT molecular complexity index is 273. The molecule has 0 spiro atoms. The molecule has 0 amide bonds. The molecule has 0 saturated carbocycles. The summed E-state index contributed by atoms with van der Waals surface area (Å²) in [6.45, 7) is 2.15. The predicted molar refractivity (Wildman–Crippen MR) is 71.9 cm³/mol. The van der Waals surface area contributed by atoms with Gasteiger partial charge >= 0.3 is 0 Å².